The van der Waals surface area contributed by atoms with Gasteiger partial charge in [0.25, 0.3) is 0 Å². The summed E-state index contributed by atoms with van der Waals surface area (Å²) in [7, 11) is 0. The molecule has 2 heterocycles. The van der Waals surface area contributed by atoms with Gasteiger partial charge in [-0.3, -0.25) is 4.79 Å². The average Bonchev–Trinajstić information content (AvgIpc) is 3.03. The van der Waals surface area contributed by atoms with Gasteiger partial charge >= 0.3 is 0 Å². The Hall–Kier alpha value is -1.27. The van der Waals surface area contributed by atoms with Crippen molar-refractivity contribution in [2.75, 3.05) is 16.8 Å². The smallest absolute Gasteiger partial charge is 0.227 e. The maximum absolute atomic E-state index is 11.9. The maximum Gasteiger partial charge on any atom is 0.227 e. The minimum atomic E-state index is 0.188. The largest absolute Gasteiger partial charge is 0.451 e. The quantitative estimate of drug-likeness (QED) is 0.799. The third-order valence-electron chi connectivity index (χ3n) is 3.42. The zero-order valence-electron chi connectivity index (χ0n) is 11.2. The summed E-state index contributed by atoms with van der Waals surface area (Å²) in [6.45, 7) is 1.35. The lowest BCUT2D eigenvalue weighted by molar-refractivity contribution is -0.117. The van der Waals surface area contributed by atoms with Crippen molar-refractivity contribution in [2.45, 2.75) is 19.4 Å². The Labute approximate surface area is 139 Å². The number of furan rings is 1. The van der Waals surface area contributed by atoms with Gasteiger partial charge in [-0.1, -0.05) is 12.1 Å². The number of rotatable bonds is 4. The predicted molar refractivity (Wildman–Crippen MR) is 89.5 cm³/mol. The van der Waals surface area contributed by atoms with Gasteiger partial charge in [0.2, 0.25) is 5.91 Å². The predicted octanol–water partition coefficient (Wildman–Crippen LogP) is 4.54. The molecular weight excluding hydrogens is 400 g/mol. The summed E-state index contributed by atoms with van der Waals surface area (Å²) in [6.07, 6.45) is 1.55. The monoisotopic (exact) mass is 412 g/mol. The average molecular weight is 414 g/mol. The second kappa shape index (κ2) is 6.23. The fraction of sp³-hybridized carbons (Fsp3) is 0.267. The molecule has 0 bridgehead atoms. The fourth-order valence-corrected chi connectivity index (χ4v) is 3.08. The van der Waals surface area contributed by atoms with Crippen molar-refractivity contribution >= 4 is 49.1 Å². The second-order valence-corrected chi connectivity index (χ2v) is 6.43. The molecule has 4 nitrogen and oxygen atoms in total. The first-order chi connectivity index (χ1) is 10.1. The highest BCUT2D eigenvalue weighted by molar-refractivity contribution is 9.13. The second-order valence-electron chi connectivity index (χ2n) is 4.85. The van der Waals surface area contributed by atoms with E-state index in [1.165, 1.54) is 0 Å². The Kier molecular flexibility index (Phi) is 4.35. The molecule has 1 fully saturated rings. The van der Waals surface area contributed by atoms with Gasteiger partial charge in [0.15, 0.2) is 4.67 Å². The van der Waals surface area contributed by atoms with E-state index in [4.69, 9.17) is 4.42 Å². The summed E-state index contributed by atoms with van der Waals surface area (Å²) in [5.41, 5.74) is 1.88. The number of anilines is 2. The molecule has 0 atom stereocenters. The summed E-state index contributed by atoms with van der Waals surface area (Å²) >= 11 is 6.72. The van der Waals surface area contributed by atoms with E-state index < -0.39 is 0 Å². The van der Waals surface area contributed by atoms with Crippen LogP contribution in [0, 0.1) is 0 Å². The minimum absolute atomic E-state index is 0.188. The first-order valence-electron chi connectivity index (χ1n) is 6.72. The van der Waals surface area contributed by atoms with Gasteiger partial charge < -0.3 is 14.6 Å². The van der Waals surface area contributed by atoms with Crippen LogP contribution in [0.3, 0.4) is 0 Å². The van der Waals surface area contributed by atoms with Gasteiger partial charge in [0.1, 0.15) is 5.76 Å². The topological polar surface area (TPSA) is 45.5 Å². The number of carbonyl (C=O) groups excluding carboxylic acids is 1. The number of amides is 1. The molecule has 0 spiro atoms. The van der Waals surface area contributed by atoms with Gasteiger partial charge in [0, 0.05) is 13.0 Å². The Morgan fingerprint density at radius 3 is 2.76 bits per heavy atom. The number of halogens is 2. The van der Waals surface area contributed by atoms with Gasteiger partial charge in [-0.25, -0.2) is 0 Å². The van der Waals surface area contributed by atoms with E-state index in [1.807, 2.05) is 35.2 Å². The zero-order valence-corrected chi connectivity index (χ0v) is 14.4. The van der Waals surface area contributed by atoms with Crippen molar-refractivity contribution in [3.8, 4) is 0 Å². The van der Waals surface area contributed by atoms with Crippen LogP contribution in [0.5, 0.6) is 0 Å². The van der Waals surface area contributed by atoms with E-state index >= 15 is 0 Å². The van der Waals surface area contributed by atoms with Crippen LogP contribution in [-0.2, 0) is 11.3 Å². The number of para-hydroxylation sites is 2. The van der Waals surface area contributed by atoms with Crippen LogP contribution in [0.4, 0.5) is 11.4 Å². The molecule has 0 aliphatic carbocycles. The van der Waals surface area contributed by atoms with E-state index in [0.29, 0.717) is 17.6 Å². The van der Waals surface area contributed by atoms with E-state index in [0.717, 1.165) is 34.6 Å². The molecule has 1 aromatic heterocycles. The van der Waals surface area contributed by atoms with Gasteiger partial charge in [-0.15, -0.1) is 0 Å². The molecule has 1 aliphatic heterocycles. The normalized spacial score (nSPS) is 14.8. The highest BCUT2D eigenvalue weighted by Crippen LogP contribution is 2.31. The van der Waals surface area contributed by atoms with E-state index in [-0.39, 0.29) is 5.91 Å². The molecule has 0 radical (unpaired) electrons. The van der Waals surface area contributed by atoms with Crippen LogP contribution in [0.1, 0.15) is 18.6 Å². The first-order valence-corrected chi connectivity index (χ1v) is 8.31. The molecule has 1 amide bonds. The van der Waals surface area contributed by atoms with Crippen LogP contribution in [0.2, 0.25) is 0 Å². The van der Waals surface area contributed by atoms with Crippen molar-refractivity contribution < 1.29 is 9.21 Å². The van der Waals surface area contributed by atoms with Crippen molar-refractivity contribution in [1.82, 2.24) is 0 Å². The molecule has 2 aromatic rings. The number of nitrogens with one attached hydrogen (secondary N) is 1. The van der Waals surface area contributed by atoms with Crippen LogP contribution in [0.15, 0.2) is 43.9 Å². The van der Waals surface area contributed by atoms with Gasteiger partial charge in [-0.2, -0.15) is 0 Å². The number of hydrogen-bond donors (Lipinski definition) is 1. The van der Waals surface area contributed by atoms with Gasteiger partial charge in [0.05, 0.1) is 22.4 Å². The SMILES string of the molecule is O=C1CCCN1c1ccccc1NCc1cc(Br)c(Br)o1. The number of nitrogens with zero attached hydrogens (tertiary/aromatic N) is 1. The van der Waals surface area contributed by atoms with E-state index in [2.05, 4.69) is 37.2 Å². The Morgan fingerprint density at radius 2 is 2.10 bits per heavy atom. The fourth-order valence-electron chi connectivity index (χ4n) is 2.42. The van der Waals surface area contributed by atoms with Crippen LogP contribution in [-0.4, -0.2) is 12.5 Å². The lowest BCUT2D eigenvalue weighted by Crippen LogP contribution is -2.24. The van der Waals surface area contributed by atoms with Crippen LogP contribution in [0.25, 0.3) is 0 Å². The van der Waals surface area contributed by atoms with E-state index in [1.54, 1.807) is 0 Å². The van der Waals surface area contributed by atoms with Crippen molar-refractivity contribution in [1.29, 1.82) is 0 Å². The van der Waals surface area contributed by atoms with Crippen LogP contribution >= 0.6 is 31.9 Å². The standard InChI is InChI=1S/C15H14Br2N2O2/c16-11-8-10(21-15(11)17)9-18-12-4-1-2-5-13(12)19-7-3-6-14(19)20/h1-2,4-5,8,18H,3,6-7,9H2. The number of benzene rings is 1. The highest BCUT2D eigenvalue weighted by Gasteiger charge is 2.23. The number of hydrogen-bond acceptors (Lipinski definition) is 3. The molecule has 21 heavy (non-hydrogen) atoms. The summed E-state index contributed by atoms with van der Waals surface area (Å²) in [6, 6.07) is 9.78. The molecule has 0 unspecified atom stereocenters. The molecule has 1 aromatic carbocycles. The van der Waals surface area contributed by atoms with E-state index in [9.17, 15) is 4.79 Å². The molecule has 0 saturated carbocycles. The molecule has 1 saturated heterocycles. The molecule has 1 N–H and O–H groups in total. The third kappa shape index (κ3) is 3.16. The molecule has 110 valence electrons. The van der Waals surface area contributed by atoms with Crippen molar-refractivity contribution in [3.05, 3.63) is 45.2 Å². The minimum Gasteiger partial charge on any atom is -0.451 e. The Balaban J connectivity index is 1.77. The van der Waals surface area contributed by atoms with Crippen molar-refractivity contribution in [2.24, 2.45) is 0 Å². The molecule has 3 rings (SSSR count). The Bertz CT molecular complexity index is 650. The maximum atomic E-state index is 11.9. The summed E-state index contributed by atoms with van der Waals surface area (Å²) in [5, 5.41) is 3.34. The molecule has 1 aliphatic rings. The zero-order chi connectivity index (χ0) is 14.8. The summed E-state index contributed by atoms with van der Waals surface area (Å²) in [5.74, 6) is 1.00. The van der Waals surface area contributed by atoms with Gasteiger partial charge in [-0.05, 0) is 56.5 Å². The molecule has 6 heteroatoms. The first kappa shape index (κ1) is 14.7. The lowest BCUT2D eigenvalue weighted by atomic mass is 10.2. The number of carbonyl (C=O) groups is 1. The summed E-state index contributed by atoms with van der Waals surface area (Å²) in [4.78, 5) is 13.8. The highest BCUT2D eigenvalue weighted by atomic mass is 79.9. The third-order valence-corrected chi connectivity index (χ3v) is 5.13. The Morgan fingerprint density at radius 1 is 1.29 bits per heavy atom. The summed E-state index contributed by atoms with van der Waals surface area (Å²) < 4.78 is 7.12. The lowest BCUT2D eigenvalue weighted by Gasteiger charge is -2.20. The van der Waals surface area contributed by atoms with Crippen molar-refractivity contribution in [3.63, 3.8) is 0 Å². The molecular formula is C15H14Br2N2O2. The van der Waals surface area contributed by atoms with Crippen LogP contribution < -0.4 is 10.2 Å².